The minimum Gasteiger partial charge on any atom is -0.492 e. The highest BCUT2D eigenvalue weighted by Gasteiger charge is 2.35. The van der Waals surface area contributed by atoms with Crippen LogP contribution in [-0.4, -0.2) is 33.0 Å². The van der Waals surface area contributed by atoms with Crippen molar-refractivity contribution in [1.82, 2.24) is 0 Å². The molecular weight excluding hydrogens is 548 g/mol. The monoisotopic (exact) mass is 580 g/mol. The van der Waals surface area contributed by atoms with Crippen LogP contribution in [0.15, 0.2) is 94.4 Å². The van der Waals surface area contributed by atoms with Gasteiger partial charge in [0, 0.05) is 36.8 Å². The molecule has 4 aromatic rings. The number of aliphatic imine (C=N–C) groups is 1. The van der Waals surface area contributed by atoms with E-state index in [-0.39, 0.29) is 0 Å². The van der Waals surface area contributed by atoms with Gasteiger partial charge < -0.3 is 14.4 Å². The fourth-order valence-electron chi connectivity index (χ4n) is 6.19. The zero-order valence-corrected chi connectivity index (χ0v) is 24.0. The van der Waals surface area contributed by atoms with E-state index in [1.54, 1.807) is 7.11 Å². The molecule has 198 valence electrons. The van der Waals surface area contributed by atoms with Crippen LogP contribution in [-0.2, 0) is 0 Å². The third kappa shape index (κ3) is 5.08. The lowest BCUT2D eigenvalue weighted by molar-refractivity contribution is 0.310. The van der Waals surface area contributed by atoms with Crippen molar-refractivity contribution < 1.29 is 9.47 Å². The molecule has 0 aliphatic carbocycles. The Morgan fingerprint density at radius 2 is 1.46 bits per heavy atom. The summed E-state index contributed by atoms with van der Waals surface area (Å²) in [4.78, 5) is 7.64. The highest BCUT2D eigenvalue weighted by atomic mass is 79.9. The maximum atomic E-state index is 5.84. The van der Waals surface area contributed by atoms with Crippen LogP contribution in [0.2, 0.25) is 0 Å². The Morgan fingerprint density at radius 1 is 0.872 bits per heavy atom. The van der Waals surface area contributed by atoms with Gasteiger partial charge in [-0.25, -0.2) is 0 Å². The number of halogens is 1. The summed E-state index contributed by atoms with van der Waals surface area (Å²) in [6, 6.07) is 30.5. The summed E-state index contributed by atoms with van der Waals surface area (Å²) in [6.45, 7) is 4.71. The number of hydrogen-bond donors (Lipinski definition) is 0. The summed E-state index contributed by atoms with van der Waals surface area (Å²) in [7, 11) is 1.66. The van der Waals surface area contributed by atoms with E-state index < -0.39 is 0 Å². The Hall–Kier alpha value is -3.57. The van der Waals surface area contributed by atoms with Gasteiger partial charge in [-0.3, -0.25) is 4.99 Å². The predicted molar refractivity (Wildman–Crippen MR) is 164 cm³/mol. The molecule has 0 saturated heterocycles. The molecule has 0 amide bonds. The van der Waals surface area contributed by atoms with Gasteiger partial charge in [0.05, 0.1) is 23.9 Å². The molecule has 2 aliphatic rings. The van der Waals surface area contributed by atoms with E-state index in [1.165, 1.54) is 27.9 Å². The Bertz CT molecular complexity index is 1410. The van der Waals surface area contributed by atoms with E-state index in [4.69, 9.17) is 14.5 Å². The summed E-state index contributed by atoms with van der Waals surface area (Å²) < 4.78 is 12.2. The van der Waals surface area contributed by atoms with Gasteiger partial charge in [0.1, 0.15) is 0 Å². The molecule has 0 unspecified atom stereocenters. The molecule has 4 nitrogen and oxygen atoms in total. The molecule has 0 aromatic heterocycles. The van der Waals surface area contributed by atoms with E-state index in [0.717, 1.165) is 41.7 Å². The molecule has 0 radical (unpaired) electrons. The van der Waals surface area contributed by atoms with E-state index in [9.17, 15) is 0 Å². The first kappa shape index (κ1) is 25.7. The van der Waals surface area contributed by atoms with Gasteiger partial charge in [-0.2, -0.15) is 0 Å². The summed E-state index contributed by atoms with van der Waals surface area (Å²) >= 11 is 3.64. The smallest absolute Gasteiger partial charge is 0.174 e. The van der Waals surface area contributed by atoms with Crippen molar-refractivity contribution in [3.63, 3.8) is 0 Å². The summed E-state index contributed by atoms with van der Waals surface area (Å²) in [5.41, 5.74) is 8.90. The van der Waals surface area contributed by atoms with Crippen LogP contribution in [0.5, 0.6) is 11.5 Å². The first-order valence-corrected chi connectivity index (χ1v) is 14.5. The van der Waals surface area contributed by atoms with Crippen LogP contribution in [0.4, 0.5) is 11.4 Å². The van der Waals surface area contributed by atoms with E-state index in [0.29, 0.717) is 29.9 Å². The van der Waals surface area contributed by atoms with Crippen LogP contribution in [0.25, 0.3) is 0 Å². The number of ether oxygens (including phenoxy) is 2. The van der Waals surface area contributed by atoms with Crippen LogP contribution < -0.4 is 14.4 Å². The minimum atomic E-state index is 0.362. The fourth-order valence-corrected chi connectivity index (χ4v) is 6.81. The van der Waals surface area contributed by atoms with E-state index >= 15 is 0 Å². The molecular formula is C34H33BrN2O2. The van der Waals surface area contributed by atoms with Crippen molar-refractivity contribution >= 4 is 33.5 Å². The Balaban J connectivity index is 1.47. The lowest BCUT2D eigenvalue weighted by atomic mass is 9.76. The number of hydrogen-bond acceptors (Lipinski definition) is 4. The van der Waals surface area contributed by atoms with Gasteiger partial charge in [-0.1, -0.05) is 60.7 Å². The SMILES string of the molecule is CCOc1cc(C=Nc2cc3c4c(c2)[C@H](c2ccccc2)CCN4CC[C@H]3c2ccccc2)cc(Br)c1OC. The van der Waals surface area contributed by atoms with Gasteiger partial charge in [0.2, 0.25) is 0 Å². The van der Waals surface area contributed by atoms with Gasteiger partial charge >= 0.3 is 0 Å². The molecule has 4 aromatic carbocycles. The maximum absolute atomic E-state index is 5.84. The Labute approximate surface area is 239 Å². The zero-order chi connectivity index (χ0) is 26.8. The Morgan fingerprint density at radius 3 is 2.00 bits per heavy atom. The van der Waals surface area contributed by atoms with Crippen molar-refractivity contribution in [3.05, 3.63) is 117 Å². The second kappa shape index (κ2) is 11.3. The second-order valence-electron chi connectivity index (χ2n) is 10.2. The molecule has 0 saturated carbocycles. The van der Waals surface area contributed by atoms with Gasteiger partial charge in [-0.15, -0.1) is 0 Å². The summed E-state index contributed by atoms with van der Waals surface area (Å²) in [6.07, 6.45) is 4.16. The largest absolute Gasteiger partial charge is 0.492 e. The maximum Gasteiger partial charge on any atom is 0.174 e. The lowest BCUT2D eigenvalue weighted by Crippen LogP contribution is -2.37. The highest BCUT2D eigenvalue weighted by molar-refractivity contribution is 9.10. The predicted octanol–water partition coefficient (Wildman–Crippen LogP) is 8.48. The molecule has 0 fully saturated rings. The molecule has 2 heterocycles. The average molecular weight is 582 g/mol. The first-order chi connectivity index (χ1) is 19.2. The minimum absolute atomic E-state index is 0.362. The van der Waals surface area contributed by atoms with Gasteiger partial charge in [0.25, 0.3) is 0 Å². The van der Waals surface area contributed by atoms with Gasteiger partial charge in [0.15, 0.2) is 11.5 Å². The summed E-state index contributed by atoms with van der Waals surface area (Å²) in [5.74, 6) is 2.13. The number of methoxy groups -OCH3 is 1. The van der Waals surface area contributed by atoms with E-state index in [1.807, 2.05) is 25.3 Å². The molecule has 39 heavy (non-hydrogen) atoms. The Kier molecular flexibility index (Phi) is 7.43. The van der Waals surface area contributed by atoms with E-state index in [2.05, 4.69) is 93.6 Å². The molecule has 2 aliphatic heterocycles. The molecule has 0 spiro atoms. The standard InChI is InChI=1S/C34H33BrN2O2/c1-3-39-32-19-23(18-31(35)34(32)38-2)22-36-26-20-29-27(24-10-6-4-7-11-24)14-16-37-17-15-28(30(21-26)33(29)37)25-12-8-5-9-13-25/h4-13,18-22,27-28H,3,14-17H2,1-2H3/t27-,28-/m0/s1. The van der Waals surface area contributed by atoms with Crippen molar-refractivity contribution in [3.8, 4) is 11.5 Å². The molecule has 2 atom stereocenters. The van der Waals surface area contributed by atoms with Crippen LogP contribution in [0, 0.1) is 0 Å². The molecule has 6 rings (SSSR count). The van der Waals surface area contributed by atoms with Gasteiger partial charge in [-0.05, 0) is 87.8 Å². The summed E-state index contributed by atoms with van der Waals surface area (Å²) in [5, 5.41) is 0. The second-order valence-corrected chi connectivity index (χ2v) is 11.0. The zero-order valence-electron chi connectivity index (χ0n) is 22.4. The van der Waals surface area contributed by atoms with Crippen molar-refractivity contribution in [2.24, 2.45) is 4.99 Å². The normalized spacial score (nSPS) is 18.2. The van der Waals surface area contributed by atoms with Crippen LogP contribution in [0.1, 0.15) is 59.4 Å². The van der Waals surface area contributed by atoms with Crippen LogP contribution >= 0.6 is 15.9 Å². The number of anilines is 1. The molecule has 0 N–H and O–H groups in total. The first-order valence-electron chi connectivity index (χ1n) is 13.7. The number of nitrogens with zero attached hydrogens (tertiary/aromatic N) is 2. The van der Waals surface area contributed by atoms with Crippen LogP contribution in [0.3, 0.4) is 0 Å². The fraction of sp³-hybridized carbons (Fsp3) is 0.265. The number of rotatable bonds is 7. The lowest BCUT2D eigenvalue weighted by Gasteiger charge is -2.43. The molecule has 0 bridgehead atoms. The topological polar surface area (TPSA) is 34.1 Å². The van der Waals surface area contributed by atoms with Crippen molar-refractivity contribution in [1.29, 1.82) is 0 Å². The van der Waals surface area contributed by atoms with Crippen molar-refractivity contribution in [2.45, 2.75) is 31.6 Å². The quantitative estimate of drug-likeness (QED) is 0.205. The van der Waals surface area contributed by atoms with Crippen molar-refractivity contribution in [2.75, 3.05) is 31.7 Å². The third-order valence-corrected chi connectivity index (χ3v) is 8.49. The molecule has 5 heteroatoms. The highest BCUT2D eigenvalue weighted by Crippen LogP contribution is 2.50. The third-order valence-electron chi connectivity index (χ3n) is 7.90. The average Bonchev–Trinajstić information content (AvgIpc) is 2.97. The number of benzene rings is 4.